The fraction of sp³-hybridized carbons (Fsp3) is 0.185. The molecule has 7 nitrogen and oxygen atoms in total. The quantitative estimate of drug-likeness (QED) is 0.410. The van der Waals surface area contributed by atoms with E-state index in [-0.39, 0.29) is 11.7 Å². The van der Waals surface area contributed by atoms with Gasteiger partial charge in [-0.3, -0.25) is 19.4 Å². The Morgan fingerprint density at radius 1 is 0.943 bits per heavy atom. The molecule has 0 bridgehead atoms. The van der Waals surface area contributed by atoms with Crippen LogP contribution < -0.4 is 9.64 Å². The van der Waals surface area contributed by atoms with Crippen LogP contribution in [0, 0.1) is 11.8 Å². The van der Waals surface area contributed by atoms with Gasteiger partial charge in [-0.1, -0.05) is 41.9 Å². The van der Waals surface area contributed by atoms with Gasteiger partial charge in [0.2, 0.25) is 11.8 Å². The highest BCUT2D eigenvalue weighted by Crippen LogP contribution is 2.53. The molecule has 8 heteroatoms. The van der Waals surface area contributed by atoms with Gasteiger partial charge in [0.25, 0.3) is 0 Å². The summed E-state index contributed by atoms with van der Waals surface area (Å²) in [5, 5.41) is 6.64. The van der Waals surface area contributed by atoms with Crippen molar-refractivity contribution in [3.8, 4) is 5.75 Å². The van der Waals surface area contributed by atoms with Crippen LogP contribution in [0.25, 0.3) is 0 Å². The number of hydrogen-bond acceptors (Lipinski definition) is 6. The molecular weight excluding hydrogens is 466 g/mol. The molecule has 0 spiro atoms. The molecule has 2 amide bonds. The summed E-state index contributed by atoms with van der Waals surface area (Å²) in [6.45, 7) is 0. The van der Waals surface area contributed by atoms with E-state index in [1.54, 1.807) is 66.9 Å². The van der Waals surface area contributed by atoms with E-state index in [1.165, 1.54) is 4.90 Å². The van der Waals surface area contributed by atoms with E-state index in [0.717, 1.165) is 11.1 Å². The van der Waals surface area contributed by atoms with Crippen molar-refractivity contribution in [3.63, 3.8) is 0 Å². The lowest BCUT2D eigenvalue weighted by atomic mass is 9.83. The second-order valence-corrected chi connectivity index (χ2v) is 9.22. The number of carbonyl (C=O) groups excluding carboxylic acids is 3. The molecule has 2 saturated heterocycles. The lowest BCUT2D eigenvalue weighted by Crippen LogP contribution is -2.44. The fourth-order valence-electron chi connectivity index (χ4n) is 5.46. The molecule has 0 aromatic heterocycles. The summed E-state index contributed by atoms with van der Waals surface area (Å²) in [4.78, 5) is 42.7. The number of rotatable bonds is 4. The highest BCUT2D eigenvalue weighted by atomic mass is 35.5. The maximum atomic E-state index is 13.8. The summed E-state index contributed by atoms with van der Waals surface area (Å²) in [5.41, 5.74) is 2.56. The number of amides is 2. The van der Waals surface area contributed by atoms with Gasteiger partial charge in [0.05, 0.1) is 36.9 Å². The van der Waals surface area contributed by atoms with Crippen molar-refractivity contribution in [2.75, 3.05) is 12.0 Å². The van der Waals surface area contributed by atoms with Gasteiger partial charge in [0.1, 0.15) is 11.8 Å². The number of nitrogens with zero attached hydrogens (tertiary/aromatic N) is 3. The van der Waals surface area contributed by atoms with E-state index >= 15 is 0 Å². The standard InChI is InChI=1S/C27H20ClN3O4/c1-35-19-11-9-15(10-12-19)25(32)24-22-21(23-20-8-3-2-5-16(20)14-29-31(23)24)26(33)30(27(22)34)18-7-4-6-17(28)13-18/h2-14,21-24H,1H3/t21-,22+,23+,24-/m1/s1. The molecule has 3 aliphatic rings. The van der Waals surface area contributed by atoms with Crippen LogP contribution in [0.2, 0.25) is 5.02 Å². The first kappa shape index (κ1) is 21.6. The summed E-state index contributed by atoms with van der Waals surface area (Å²) in [6.07, 6.45) is 1.69. The first-order valence-electron chi connectivity index (χ1n) is 11.2. The summed E-state index contributed by atoms with van der Waals surface area (Å²) in [5.74, 6) is -2.06. The Morgan fingerprint density at radius 3 is 2.43 bits per heavy atom. The maximum absolute atomic E-state index is 13.8. The molecule has 0 unspecified atom stereocenters. The van der Waals surface area contributed by atoms with Gasteiger partial charge in [-0.25, -0.2) is 4.90 Å². The molecule has 0 radical (unpaired) electrons. The number of halogens is 1. The van der Waals surface area contributed by atoms with E-state index in [4.69, 9.17) is 16.3 Å². The largest absolute Gasteiger partial charge is 0.497 e. The molecule has 3 aromatic carbocycles. The summed E-state index contributed by atoms with van der Waals surface area (Å²) < 4.78 is 5.21. The first-order valence-corrected chi connectivity index (χ1v) is 11.6. The minimum Gasteiger partial charge on any atom is -0.497 e. The molecule has 3 aliphatic heterocycles. The van der Waals surface area contributed by atoms with Crippen molar-refractivity contribution >= 4 is 41.1 Å². The molecular formula is C27H20ClN3O4. The fourth-order valence-corrected chi connectivity index (χ4v) is 5.65. The number of hydrazone groups is 1. The third-order valence-electron chi connectivity index (χ3n) is 7.00. The molecule has 4 atom stereocenters. The summed E-state index contributed by atoms with van der Waals surface area (Å²) >= 11 is 6.16. The van der Waals surface area contributed by atoms with E-state index in [0.29, 0.717) is 22.0 Å². The smallest absolute Gasteiger partial charge is 0.240 e. The van der Waals surface area contributed by atoms with Gasteiger partial charge >= 0.3 is 0 Å². The normalized spacial score (nSPS) is 24.3. The van der Waals surface area contributed by atoms with Crippen molar-refractivity contribution in [3.05, 3.63) is 94.5 Å². The van der Waals surface area contributed by atoms with Crippen LogP contribution in [0.15, 0.2) is 77.9 Å². The van der Waals surface area contributed by atoms with E-state index in [2.05, 4.69) is 5.10 Å². The second-order valence-electron chi connectivity index (χ2n) is 8.78. The van der Waals surface area contributed by atoms with Crippen LogP contribution >= 0.6 is 11.6 Å². The van der Waals surface area contributed by atoms with Gasteiger partial charge in [-0.2, -0.15) is 5.10 Å². The maximum Gasteiger partial charge on any atom is 0.240 e. The van der Waals surface area contributed by atoms with Crippen molar-refractivity contribution < 1.29 is 19.1 Å². The number of imide groups is 1. The molecule has 6 rings (SSSR count). The van der Waals surface area contributed by atoms with Gasteiger partial charge < -0.3 is 4.74 Å². The number of fused-ring (bicyclic) bond motifs is 5. The Morgan fingerprint density at radius 2 is 1.69 bits per heavy atom. The molecule has 0 aliphatic carbocycles. The van der Waals surface area contributed by atoms with Crippen LogP contribution in [-0.4, -0.2) is 42.0 Å². The van der Waals surface area contributed by atoms with Crippen LogP contribution in [0.3, 0.4) is 0 Å². The predicted octanol–water partition coefficient (Wildman–Crippen LogP) is 4.11. The lowest BCUT2D eigenvalue weighted by molar-refractivity contribution is -0.124. The summed E-state index contributed by atoms with van der Waals surface area (Å²) in [7, 11) is 1.55. The van der Waals surface area contributed by atoms with Gasteiger partial charge in [-0.15, -0.1) is 0 Å². The Hall–Kier alpha value is -3.97. The Bertz CT molecular complexity index is 1400. The minimum atomic E-state index is -0.927. The average molecular weight is 486 g/mol. The monoisotopic (exact) mass is 485 g/mol. The van der Waals surface area contributed by atoms with Crippen molar-refractivity contribution in [1.29, 1.82) is 0 Å². The van der Waals surface area contributed by atoms with Crippen LogP contribution in [-0.2, 0) is 9.59 Å². The zero-order valence-electron chi connectivity index (χ0n) is 18.7. The summed E-state index contributed by atoms with van der Waals surface area (Å²) in [6, 6.07) is 19.5. The second kappa shape index (κ2) is 8.06. The molecule has 3 heterocycles. The highest BCUT2D eigenvalue weighted by Gasteiger charge is 2.65. The molecule has 3 aromatic rings. The topological polar surface area (TPSA) is 79.3 Å². The van der Waals surface area contributed by atoms with Crippen LogP contribution in [0.5, 0.6) is 5.75 Å². The highest BCUT2D eigenvalue weighted by molar-refractivity contribution is 6.31. The number of ketones is 1. The zero-order chi connectivity index (χ0) is 24.3. The number of ether oxygens (including phenoxy) is 1. The molecule has 0 saturated carbocycles. The van der Waals surface area contributed by atoms with E-state index in [9.17, 15) is 14.4 Å². The van der Waals surface area contributed by atoms with Crippen molar-refractivity contribution in [2.45, 2.75) is 12.1 Å². The van der Waals surface area contributed by atoms with E-state index in [1.807, 2.05) is 24.3 Å². The lowest BCUT2D eigenvalue weighted by Gasteiger charge is -2.33. The number of carbonyl (C=O) groups is 3. The first-order chi connectivity index (χ1) is 17.0. The molecule has 2 fully saturated rings. The van der Waals surface area contributed by atoms with Crippen LogP contribution in [0.4, 0.5) is 5.69 Å². The van der Waals surface area contributed by atoms with E-state index < -0.39 is 29.8 Å². The third kappa shape index (κ3) is 3.19. The van der Waals surface area contributed by atoms with Crippen molar-refractivity contribution in [1.82, 2.24) is 5.01 Å². The van der Waals surface area contributed by atoms with Gasteiger partial charge in [-0.05, 0) is 53.6 Å². The molecule has 35 heavy (non-hydrogen) atoms. The minimum absolute atomic E-state index is 0.268. The number of hydrogen-bond donors (Lipinski definition) is 0. The average Bonchev–Trinajstić information content (AvgIpc) is 3.36. The Labute approximate surface area is 206 Å². The SMILES string of the molecule is COc1ccc(C(=O)[C@H]2[C@H]3C(=O)N(c4cccc(Cl)c4)C(=O)[C@H]3[C@@H]3c4ccccc4C=NN23)cc1. The number of anilines is 1. The van der Waals surface area contributed by atoms with Crippen LogP contribution in [0.1, 0.15) is 27.5 Å². The molecule has 0 N–H and O–H groups in total. The Kier molecular flexibility index (Phi) is 4.96. The van der Waals surface area contributed by atoms with Crippen molar-refractivity contribution in [2.24, 2.45) is 16.9 Å². The zero-order valence-corrected chi connectivity index (χ0v) is 19.4. The van der Waals surface area contributed by atoms with Gasteiger partial charge in [0, 0.05) is 10.6 Å². The molecule has 174 valence electrons. The predicted molar refractivity (Wildman–Crippen MR) is 131 cm³/mol. The number of Topliss-reactive ketones (excluding diaryl/α,β-unsaturated/α-hetero) is 1. The number of benzene rings is 3. The third-order valence-corrected chi connectivity index (χ3v) is 7.24. The Balaban J connectivity index is 1.48. The number of methoxy groups -OCH3 is 1. The van der Waals surface area contributed by atoms with Gasteiger partial charge in [0.15, 0.2) is 5.78 Å².